The molecule has 5 rings (SSSR count). The minimum absolute atomic E-state index is 0.0532. The quantitative estimate of drug-likeness (QED) is 0.709. The zero-order chi connectivity index (χ0) is 19.1. The van der Waals surface area contributed by atoms with Crippen LogP contribution in [0.2, 0.25) is 0 Å². The van der Waals surface area contributed by atoms with Crippen molar-refractivity contribution in [3.8, 4) is 11.3 Å². The van der Waals surface area contributed by atoms with E-state index in [9.17, 15) is 4.79 Å². The molecular formula is C21H18N6O. The average Bonchev–Trinajstić information content (AvgIpc) is 3.14. The lowest BCUT2D eigenvalue weighted by molar-refractivity contribution is -0.129. The number of allylic oxidation sites excluding steroid dienone is 2. The zero-order valence-corrected chi connectivity index (χ0v) is 15.3. The first kappa shape index (κ1) is 16.6. The molecule has 7 nitrogen and oxygen atoms in total. The van der Waals surface area contributed by atoms with Crippen LogP contribution in [0.5, 0.6) is 0 Å². The number of aliphatic imine (C=N–C) groups is 1. The first-order valence-corrected chi connectivity index (χ1v) is 9.15. The van der Waals surface area contributed by atoms with Crippen molar-refractivity contribution in [1.29, 1.82) is 0 Å². The molecule has 0 spiro atoms. The monoisotopic (exact) mass is 370 g/mol. The smallest absolute Gasteiger partial charge is 0.236 e. The highest BCUT2D eigenvalue weighted by molar-refractivity contribution is 5.93. The first-order valence-electron chi connectivity index (χ1n) is 9.15. The van der Waals surface area contributed by atoms with Crippen LogP contribution in [0.15, 0.2) is 71.3 Å². The summed E-state index contributed by atoms with van der Waals surface area (Å²) < 4.78 is 1.77. The topological polar surface area (TPSA) is 75.8 Å². The van der Waals surface area contributed by atoms with E-state index >= 15 is 0 Å². The molecule has 1 aliphatic carbocycles. The van der Waals surface area contributed by atoms with Crippen LogP contribution in [0.3, 0.4) is 0 Å². The van der Waals surface area contributed by atoms with Gasteiger partial charge in [-0.1, -0.05) is 48.6 Å². The molecule has 0 bridgehead atoms. The van der Waals surface area contributed by atoms with Crippen molar-refractivity contribution in [2.45, 2.75) is 12.5 Å². The van der Waals surface area contributed by atoms with Gasteiger partial charge < -0.3 is 4.90 Å². The number of amides is 1. The van der Waals surface area contributed by atoms with Crippen molar-refractivity contribution < 1.29 is 4.79 Å². The Morgan fingerprint density at radius 1 is 1.07 bits per heavy atom. The van der Waals surface area contributed by atoms with Crippen LogP contribution < -0.4 is 0 Å². The molecule has 2 unspecified atom stereocenters. The molecule has 3 aromatic rings. The van der Waals surface area contributed by atoms with Gasteiger partial charge in [-0.3, -0.25) is 9.79 Å². The molecule has 0 fully saturated rings. The number of fused-ring (bicyclic) bond motifs is 2. The third-order valence-corrected chi connectivity index (χ3v) is 5.07. The summed E-state index contributed by atoms with van der Waals surface area (Å²) in [6.07, 6.45) is 8.12. The summed E-state index contributed by atoms with van der Waals surface area (Å²) in [6.45, 7) is 0. The van der Waals surface area contributed by atoms with Gasteiger partial charge in [-0.2, -0.15) is 9.61 Å². The second-order valence-corrected chi connectivity index (χ2v) is 6.98. The van der Waals surface area contributed by atoms with E-state index in [4.69, 9.17) is 5.10 Å². The molecule has 138 valence electrons. The Labute approximate surface area is 161 Å². The largest absolute Gasteiger partial charge is 0.306 e. The summed E-state index contributed by atoms with van der Waals surface area (Å²) in [5.41, 5.74) is 3.62. The van der Waals surface area contributed by atoms with Crippen LogP contribution >= 0.6 is 0 Å². The van der Waals surface area contributed by atoms with Crippen molar-refractivity contribution in [2.75, 3.05) is 7.05 Å². The lowest BCUT2D eigenvalue weighted by Crippen LogP contribution is -2.41. The number of rotatable bonds is 3. The maximum absolute atomic E-state index is 12.4. The fourth-order valence-corrected chi connectivity index (χ4v) is 3.56. The molecule has 0 saturated heterocycles. The number of hydrogen-bond acceptors (Lipinski definition) is 5. The van der Waals surface area contributed by atoms with Gasteiger partial charge in [-0.25, -0.2) is 0 Å². The Bertz CT molecular complexity index is 1140. The fraction of sp³-hybridized carbons (Fsp3) is 0.190. The van der Waals surface area contributed by atoms with Gasteiger partial charge in [-0.15, -0.1) is 10.2 Å². The van der Waals surface area contributed by atoms with Gasteiger partial charge >= 0.3 is 0 Å². The van der Waals surface area contributed by atoms with E-state index in [2.05, 4.69) is 15.2 Å². The summed E-state index contributed by atoms with van der Waals surface area (Å²) >= 11 is 0. The number of aromatic nitrogens is 4. The van der Waals surface area contributed by atoms with Gasteiger partial charge in [0.25, 0.3) is 0 Å². The lowest BCUT2D eigenvalue weighted by atomic mass is 9.88. The maximum atomic E-state index is 12.4. The maximum Gasteiger partial charge on any atom is 0.236 e. The molecule has 1 amide bonds. The van der Waals surface area contributed by atoms with Gasteiger partial charge in [-0.05, 0) is 17.7 Å². The van der Waals surface area contributed by atoms with Gasteiger partial charge in [0.15, 0.2) is 11.5 Å². The Morgan fingerprint density at radius 3 is 2.79 bits per heavy atom. The molecule has 0 N–H and O–H groups in total. The highest BCUT2D eigenvalue weighted by atomic mass is 16.2. The fourth-order valence-electron chi connectivity index (χ4n) is 3.56. The molecular weight excluding hydrogens is 352 g/mol. The van der Waals surface area contributed by atoms with E-state index in [0.29, 0.717) is 12.1 Å². The van der Waals surface area contributed by atoms with E-state index in [1.54, 1.807) is 17.9 Å². The van der Waals surface area contributed by atoms with Crippen LogP contribution in [0, 0.1) is 5.92 Å². The summed E-state index contributed by atoms with van der Waals surface area (Å²) in [7, 11) is 1.73. The SMILES string of the molecule is CN1C=NC2C=CC(Cc3nnc4ccc(-c5ccccc5)nn34)=CC2C1=O. The molecule has 0 saturated carbocycles. The van der Waals surface area contributed by atoms with E-state index < -0.39 is 0 Å². The highest BCUT2D eigenvalue weighted by Crippen LogP contribution is 2.26. The minimum Gasteiger partial charge on any atom is -0.306 e. The third-order valence-electron chi connectivity index (χ3n) is 5.07. The molecule has 7 heteroatoms. The van der Waals surface area contributed by atoms with E-state index in [0.717, 1.165) is 22.7 Å². The van der Waals surface area contributed by atoms with Crippen LogP contribution in [-0.2, 0) is 11.2 Å². The van der Waals surface area contributed by atoms with Gasteiger partial charge in [0.2, 0.25) is 5.91 Å². The predicted octanol–water partition coefficient (Wildman–Crippen LogP) is 2.32. The Kier molecular flexibility index (Phi) is 3.86. The number of nitrogens with zero attached hydrogens (tertiary/aromatic N) is 6. The molecule has 2 aliphatic rings. The third kappa shape index (κ3) is 2.81. The van der Waals surface area contributed by atoms with E-state index in [1.807, 2.05) is 60.7 Å². The van der Waals surface area contributed by atoms with Crippen LogP contribution in [-0.4, -0.2) is 50.0 Å². The Balaban J connectivity index is 1.47. The molecule has 2 aromatic heterocycles. The Morgan fingerprint density at radius 2 is 1.93 bits per heavy atom. The molecule has 0 radical (unpaired) electrons. The standard InChI is InChI=1S/C21H18N6O/c1-26-13-22-18-8-7-14(11-16(18)21(26)28)12-20-24-23-19-10-9-17(25-27(19)20)15-5-3-2-4-6-15/h2-11,13,16,18H,12H2,1H3. The van der Waals surface area contributed by atoms with Crippen molar-refractivity contribution >= 4 is 17.9 Å². The number of benzene rings is 1. The number of hydrogen-bond donors (Lipinski definition) is 0. The van der Waals surface area contributed by atoms with Crippen LogP contribution in [0.1, 0.15) is 5.82 Å². The van der Waals surface area contributed by atoms with Crippen molar-refractivity contribution in [3.63, 3.8) is 0 Å². The first-order chi connectivity index (χ1) is 13.7. The van der Waals surface area contributed by atoms with E-state index in [1.165, 1.54) is 4.90 Å². The predicted molar refractivity (Wildman–Crippen MR) is 106 cm³/mol. The summed E-state index contributed by atoms with van der Waals surface area (Å²) in [5, 5.41) is 13.3. The van der Waals surface area contributed by atoms with Crippen molar-refractivity contribution in [2.24, 2.45) is 10.9 Å². The van der Waals surface area contributed by atoms with Gasteiger partial charge in [0, 0.05) is 19.0 Å². The highest BCUT2D eigenvalue weighted by Gasteiger charge is 2.32. The molecule has 1 aliphatic heterocycles. The van der Waals surface area contributed by atoms with Crippen molar-refractivity contribution in [1.82, 2.24) is 24.7 Å². The lowest BCUT2D eigenvalue weighted by Gasteiger charge is -2.29. The molecule has 1 aromatic carbocycles. The summed E-state index contributed by atoms with van der Waals surface area (Å²) in [5.74, 6) is 0.529. The second-order valence-electron chi connectivity index (χ2n) is 6.98. The molecule has 3 heterocycles. The average molecular weight is 370 g/mol. The Hall–Kier alpha value is -3.61. The van der Waals surface area contributed by atoms with Crippen LogP contribution in [0.4, 0.5) is 0 Å². The zero-order valence-electron chi connectivity index (χ0n) is 15.3. The number of carbonyl (C=O) groups excluding carboxylic acids is 1. The molecule has 28 heavy (non-hydrogen) atoms. The summed E-state index contributed by atoms with van der Waals surface area (Å²) in [6, 6.07) is 13.8. The van der Waals surface area contributed by atoms with Gasteiger partial charge in [0.1, 0.15) is 0 Å². The molecule has 2 atom stereocenters. The van der Waals surface area contributed by atoms with Gasteiger partial charge in [0.05, 0.1) is 24.0 Å². The van der Waals surface area contributed by atoms with Crippen LogP contribution in [0.25, 0.3) is 16.9 Å². The number of carbonyl (C=O) groups is 1. The normalized spacial score (nSPS) is 21.1. The minimum atomic E-state index is -0.262. The summed E-state index contributed by atoms with van der Waals surface area (Å²) in [4.78, 5) is 18.4. The van der Waals surface area contributed by atoms with E-state index in [-0.39, 0.29) is 17.9 Å². The second kappa shape index (κ2) is 6.53. The van der Waals surface area contributed by atoms with Crippen molar-refractivity contribution in [3.05, 3.63) is 72.1 Å².